The van der Waals surface area contributed by atoms with Crippen LogP contribution in [-0.2, 0) is 47.5 Å². The number of esters is 1. The van der Waals surface area contributed by atoms with E-state index in [1.54, 1.807) is 12.1 Å². The lowest BCUT2D eigenvalue weighted by Gasteiger charge is -2.09. The van der Waals surface area contributed by atoms with Gasteiger partial charge < -0.3 is 53.5 Å². The maximum atomic E-state index is 11.5. The zero-order chi connectivity index (χ0) is 29.6. The SMILES string of the molecule is Nc1ccc(OCCOCCOCCOCCOCCOCCOCCOCCOC(=O)CCCCC(=O)O)cc1. The first kappa shape index (κ1) is 36.5. The summed E-state index contributed by atoms with van der Waals surface area (Å²) in [6, 6.07) is 7.23. The smallest absolute Gasteiger partial charge is 0.305 e. The predicted octanol–water partition coefficient (Wildman–Crippen LogP) is 1.95. The third kappa shape index (κ3) is 26.1. The normalized spacial score (nSPS) is 11.0. The number of carboxylic acids is 1. The molecule has 0 spiro atoms. The Kier molecular flexibility index (Phi) is 24.6. The molecule has 0 bridgehead atoms. The van der Waals surface area contributed by atoms with E-state index >= 15 is 0 Å². The van der Waals surface area contributed by atoms with Crippen LogP contribution in [0.1, 0.15) is 25.7 Å². The summed E-state index contributed by atoms with van der Waals surface area (Å²) < 4.78 is 48.5. The van der Waals surface area contributed by atoms with Crippen molar-refractivity contribution in [3.63, 3.8) is 0 Å². The number of nitrogens with two attached hydrogens (primary N) is 1. The van der Waals surface area contributed by atoms with Crippen LogP contribution >= 0.6 is 0 Å². The number of carbonyl (C=O) groups is 2. The van der Waals surface area contributed by atoms with Gasteiger partial charge in [0.05, 0.1) is 92.5 Å². The maximum absolute atomic E-state index is 11.5. The molecular formula is C28H47NO12. The Balaban J connectivity index is 1.67. The molecule has 0 atom stereocenters. The van der Waals surface area contributed by atoms with Crippen molar-refractivity contribution in [3.8, 4) is 5.75 Å². The molecule has 1 aromatic rings. The molecule has 0 aliphatic heterocycles. The first-order chi connectivity index (χ1) is 20.1. The molecule has 236 valence electrons. The highest BCUT2D eigenvalue weighted by Gasteiger charge is 2.04. The van der Waals surface area contributed by atoms with Gasteiger partial charge >= 0.3 is 11.9 Å². The number of unbranched alkanes of at least 4 members (excludes halogenated alkanes) is 1. The molecular weight excluding hydrogens is 542 g/mol. The number of hydrogen-bond acceptors (Lipinski definition) is 12. The highest BCUT2D eigenvalue weighted by Crippen LogP contribution is 2.12. The summed E-state index contributed by atoms with van der Waals surface area (Å²) in [6.45, 7) is 6.97. The number of benzene rings is 1. The van der Waals surface area contributed by atoms with E-state index in [9.17, 15) is 9.59 Å². The van der Waals surface area contributed by atoms with Crippen LogP contribution < -0.4 is 10.5 Å². The highest BCUT2D eigenvalue weighted by atomic mass is 16.6. The second kappa shape index (κ2) is 27.6. The largest absolute Gasteiger partial charge is 0.491 e. The van der Waals surface area contributed by atoms with Crippen LogP contribution in [0.15, 0.2) is 24.3 Å². The molecule has 0 aliphatic carbocycles. The summed E-state index contributed by atoms with van der Waals surface area (Å²) in [4.78, 5) is 21.8. The Morgan fingerprint density at radius 1 is 0.537 bits per heavy atom. The Labute approximate surface area is 242 Å². The highest BCUT2D eigenvalue weighted by molar-refractivity contribution is 5.69. The number of rotatable bonds is 30. The number of ether oxygens (including phenoxy) is 9. The lowest BCUT2D eigenvalue weighted by molar-refractivity contribution is -0.146. The summed E-state index contributed by atoms with van der Waals surface area (Å²) in [5, 5.41) is 8.53. The van der Waals surface area contributed by atoms with Gasteiger partial charge in [0.2, 0.25) is 0 Å². The van der Waals surface area contributed by atoms with Crippen molar-refractivity contribution in [1.29, 1.82) is 0 Å². The van der Waals surface area contributed by atoms with Crippen LogP contribution in [0.2, 0.25) is 0 Å². The average Bonchev–Trinajstić information content (AvgIpc) is 2.96. The molecule has 1 aromatic carbocycles. The molecule has 0 aliphatic rings. The Bertz CT molecular complexity index is 750. The molecule has 41 heavy (non-hydrogen) atoms. The molecule has 0 radical (unpaired) electrons. The maximum Gasteiger partial charge on any atom is 0.305 e. The van der Waals surface area contributed by atoms with E-state index < -0.39 is 5.97 Å². The molecule has 3 N–H and O–H groups in total. The first-order valence-electron chi connectivity index (χ1n) is 14.0. The van der Waals surface area contributed by atoms with Gasteiger partial charge in [-0.1, -0.05) is 0 Å². The third-order valence-corrected chi connectivity index (χ3v) is 5.12. The fourth-order valence-corrected chi connectivity index (χ4v) is 3.04. The van der Waals surface area contributed by atoms with Gasteiger partial charge in [-0.15, -0.1) is 0 Å². The van der Waals surface area contributed by atoms with Crippen molar-refractivity contribution in [2.24, 2.45) is 0 Å². The topological polar surface area (TPSA) is 163 Å². The predicted molar refractivity (Wildman–Crippen MR) is 149 cm³/mol. The van der Waals surface area contributed by atoms with Crippen LogP contribution in [0.5, 0.6) is 5.75 Å². The van der Waals surface area contributed by atoms with Crippen molar-refractivity contribution >= 4 is 17.6 Å². The van der Waals surface area contributed by atoms with Crippen LogP contribution in [0, 0.1) is 0 Å². The van der Waals surface area contributed by atoms with E-state index in [2.05, 4.69) is 0 Å². The Morgan fingerprint density at radius 2 is 0.902 bits per heavy atom. The minimum atomic E-state index is -0.862. The third-order valence-electron chi connectivity index (χ3n) is 5.12. The van der Waals surface area contributed by atoms with Gasteiger partial charge in [0.25, 0.3) is 0 Å². The van der Waals surface area contributed by atoms with Crippen molar-refractivity contribution in [2.75, 3.05) is 111 Å². The Hall–Kier alpha value is -2.52. The number of hydrogen-bond donors (Lipinski definition) is 2. The molecule has 13 nitrogen and oxygen atoms in total. The molecule has 1 rings (SSSR count). The molecule has 0 saturated carbocycles. The van der Waals surface area contributed by atoms with Gasteiger partial charge in [0, 0.05) is 18.5 Å². The Morgan fingerprint density at radius 3 is 1.32 bits per heavy atom. The molecule has 13 heteroatoms. The van der Waals surface area contributed by atoms with Gasteiger partial charge in [-0.25, -0.2) is 0 Å². The first-order valence-corrected chi connectivity index (χ1v) is 14.0. The molecule has 0 aromatic heterocycles. The lowest BCUT2D eigenvalue weighted by Crippen LogP contribution is -2.15. The molecule has 0 fully saturated rings. The fourth-order valence-electron chi connectivity index (χ4n) is 3.04. The van der Waals surface area contributed by atoms with Crippen LogP contribution in [0.3, 0.4) is 0 Å². The van der Waals surface area contributed by atoms with Crippen LogP contribution in [0.25, 0.3) is 0 Å². The molecule has 0 saturated heterocycles. The summed E-state index contributed by atoms with van der Waals surface area (Å²) >= 11 is 0. The fraction of sp³-hybridized carbons (Fsp3) is 0.714. The van der Waals surface area contributed by atoms with Crippen molar-refractivity contribution in [1.82, 2.24) is 0 Å². The molecule has 0 unspecified atom stereocenters. The van der Waals surface area contributed by atoms with Gasteiger partial charge in [-0.2, -0.15) is 0 Å². The average molecular weight is 590 g/mol. The minimum absolute atomic E-state index is 0.0614. The summed E-state index contributed by atoms with van der Waals surface area (Å²) in [5.74, 6) is -0.446. The van der Waals surface area contributed by atoms with Crippen LogP contribution in [-0.4, -0.2) is 123 Å². The molecule has 0 amide bonds. The second-order valence-electron chi connectivity index (χ2n) is 8.53. The molecule has 0 heterocycles. The number of anilines is 1. The van der Waals surface area contributed by atoms with E-state index in [0.717, 1.165) is 5.75 Å². The van der Waals surface area contributed by atoms with Gasteiger partial charge in [-0.05, 0) is 37.1 Å². The summed E-state index contributed by atoms with van der Waals surface area (Å²) in [6.07, 6.45) is 1.24. The van der Waals surface area contributed by atoms with E-state index in [4.69, 9.17) is 53.5 Å². The van der Waals surface area contributed by atoms with Crippen molar-refractivity contribution in [2.45, 2.75) is 25.7 Å². The standard InChI is InChI=1S/C28H47NO12/c29-25-5-7-26(8-6-25)40-23-21-38-19-17-36-15-13-34-11-9-33-10-12-35-14-16-37-18-20-39-22-24-41-28(32)4-2-1-3-27(30)31/h5-8H,1-4,9-24,29H2,(H,30,31). The van der Waals surface area contributed by atoms with Gasteiger partial charge in [0.1, 0.15) is 19.0 Å². The van der Waals surface area contributed by atoms with E-state index in [0.29, 0.717) is 111 Å². The lowest BCUT2D eigenvalue weighted by atomic mass is 10.2. The zero-order valence-corrected chi connectivity index (χ0v) is 24.0. The number of carboxylic acid groups (broad SMARTS) is 1. The summed E-state index contributed by atoms with van der Waals surface area (Å²) in [5.41, 5.74) is 6.33. The minimum Gasteiger partial charge on any atom is -0.491 e. The van der Waals surface area contributed by atoms with Gasteiger partial charge in [-0.3, -0.25) is 9.59 Å². The second-order valence-corrected chi connectivity index (χ2v) is 8.53. The van der Waals surface area contributed by atoms with E-state index in [1.807, 2.05) is 12.1 Å². The van der Waals surface area contributed by atoms with E-state index in [1.165, 1.54) is 0 Å². The quantitative estimate of drug-likeness (QED) is 0.0761. The summed E-state index contributed by atoms with van der Waals surface area (Å²) in [7, 11) is 0. The van der Waals surface area contributed by atoms with E-state index in [-0.39, 0.29) is 32.0 Å². The number of aliphatic carboxylic acids is 1. The monoisotopic (exact) mass is 589 g/mol. The van der Waals surface area contributed by atoms with Crippen molar-refractivity contribution < 1.29 is 57.3 Å². The number of nitrogen functional groups attached to an aromatic ring is 1. The zero-order valence-electron chi connectivity index (χ0n) is 24.0. The van der Waals surface area contributed by atoms with Crippen LogP contribution in [0.4, 0.5) is 5.69 Å². The van der Waals surface area contributed by atoms with Gasteiger partial charge in [0.15, 0.2) is 0 Å². The van der Waals surface area contributed by atoms with Crippen molar-refractivity contribution in [3.05, 3.63) is 24.3 Å². The number of carbonyl (C=O) groups excluding carboxylic acids is 1.